The van der Waals surface area contributed by atoms with E-state index in [0.29, 0.717) is 24.5 Å². The van der Waals surface area contributed by atoms with Crippen LogP contribution in [0.15, 0.2) is 42.5 Å². The smallest absolute Gasteiger partial charge is 0.213 e. The van der Waals surface area contributed by atoms with Crippen LogP contribution in [0.3, 0.4) is 0 Å². The first-order valence-electron chi connectivity index (χ1n) is 11.5. The summed E-state index contributed by atoms with van der Waals surface area (Å²) in [6, 6.07) is 12.4. The Morgan fingerprint density at radius 2 is 1.97 bits per heavy atom. The predicted octanol–water partition coefficient (Wildman–Crippen LogP) is 4.10. The number of nitrogens with one attached hydrogen (secondary N) is 2. The fourth-order valence-electron chi connectivity index (χ4n) is 4.03. The van der Waals surface area contributed by atoms with Crippen molar-refractivity contribution in [2.24, 2.45) is 0 Å². The van der Waals surface area contributed by atoms with E-state index in [1.165, 1.54) is 12.8 Å². The number of ketones is 1. The van der Waals surface area contributed by atoms with E-state index in [1.807, 2.05) is 31.2 Å². The minimum Gasteiger partial charge on any atom is -0.508 e. The van der Waals surface area contributed by atoms with Crippen molar-refractivity contribution in [2.75, 3.05) is 37.3 Å². The van der Waals surface area contributed by atoms with Gasteiger partial charge in [-0.15, -0.1) is 0 Å². The number of aromatic nitrogens is 2. The Labute approximate surface area is 193 Å². The van der Waals surface area contributed by atoms with E-state index in [0.717, 1.165) is 43.1 Å². The molecule has 1 fully saturated rings. The normalized spacial score (nSPS) is 13.8. The van der Waals surface area contributed by atoms with Crippen molar-refractivity contribution in [1.29, 1.82) is 0 Å². The van der Waals surface area contributed by atoms with Crippen LogP contribution in [0.25, 0.3) is 0 Å². The number of nitrogens with two attached hydrogens (primary N) is 1. The predicted molar refractivity (Wildman–Crippen MR) is 129 cm³/mol. The molecule has 0 atom stereocenters. The van der Waals surface area contributed by atoms with Crippen LogP contribution in [0, 0.1) is 0 Å². The van der Waals surface area contributed by atoms with Crippen LogP contribution in [0.1, 0.15) is 47.8 Å². The summed E-state index contributed by atoms with van der Waals surface area (Å²) in [7, 11) is 0. The van der Waals surface area contributed by atoms with E-state index in [1.54, 1.807) is 18.2 Å². The van der Waals surface area contributed by atoms with E-state index in [9.17, 15) is 9.90 Å². The summed E-state index contributed by atoms with van der Waals surface area (Å²) in [4.78, 5) is 22.6. The number of phenolic OH excluding ortho intramolecular Hbond substituents is 1. The van der Waals surface area contributed by atoms with Crippen LogP contribution in [0.5, 0.6) is 11.5 Å². The second-order valence-corrected chi connectivity index (χ2v) is 8.31. The second-order valence-electron chi connectivity index (χ2n) is 8.31. The van der Waals surface area contributed by atoms with Gasteiger partial charge in [-0.25, -0.2) is 0 Å². The number of rotatable bonds is 10. The lowest BCUT2D eigenvalue weighted by atomic mass is 10.0. The number of H-pyrrole nitrogens is 1. The molecule has 0 amide bonds. The highest BCUT2D eigenvalue weighted by molar-refractivity contribution is 6.10. The molecule has 4 rings (SSSR count). The largest absolute Gasteiger partial charge is 0.508 e. The van der Waals surface area contributed by atoms with Gasteiger partial charge in [-0.05, 0) is 80.4 Å². The summed E-state index contributed by atoms with van der Waals surface area (Å²) >= 11 is 0. The van der Waals surface area contributed by atoms with E-state index < -0.39 is 0 Å². The molecule has 5 N–H and O–H groups in total. The molecule has 3 aromatic rings. The number of hydrogen-bond acceptors (Lipinski definition) is 7. The maximum atomic E-state index is 13.0. The van der Waals surface area contributed by atoms with Gasteiger partial charge in [0.15, 0.2) is 5.82 Å². The number of aryl methyl sites for hydroxylation is 1. The lowest BCUT2D eigenvalue weighted by Gasteiger charge is -2.15. The van der Waals surface area contributed by atoms with Crippen LogP contribution in [0.4, 0.5) is 17.5 Å². The number of aromatic amines is 1. The Hall–Kier alpha value is -3.52. The van der Waals surface area contributed by atoms with Gasteiger partial charge >= 0.3 is 0 Å². The van der Waals surface area contributed by atoms with Gasteiger partial charge in [0.25, 0.3) is 0 Å². The Kier molecular flexibility index (Phi) is 7.14. The van der Waals surface area contributed by atoms with Crippen LogP contribution in [-0.2, 0) is 6.42 Å². The summed E-state index contributed by atoms with van der Waals surface area (Å²) < 4.78 is 5.84. The van der Waals surface area contributed by atoms with Crippen molar-refractivity contribution in [3.05, 3.63) is 59.3 Å². The number of aromatic hydroxyl groups is 1. The van der Waals surface area contributed by atoms with Gasteiger partial charge in [0, 0.05) is 17.8 Å². The Morgan fingerprint density at radius 3 is 2.70 bits per heavy atom. The molecule has 2 heterocycles. The number of anilines is 3. The average Bonchev–Trinajstić information content (AvgIpc) is 3.46. The molecule has 1 aliphatic rings. The van der Waals surface area contributed by atoms with Gasteiger partial charge in [0.2, 0.25) is 11.7 Å². The first kappa shape index (κ1) is 22.7. The third-order valence-electron chi connectivity index (χ3n) is 5.81. The van der Waals surface area contributed by atoms with Crippen molar-refractivity contribution >= 4 is 23.2 Å². The van der Waals surface area contributed by atoms with Crippen LogP contribution in [-0.4, -0.2) is 52.0 Å². The summed E-state index contributed by atoms with van der Waals surface area (Å²) in [5.41, 5.74) is 8.22. The number of phenols is 1. The molecule has 8 nitrogen and oxygen atoms in total. The molecule has 0 spiro atoms. The van der Waals surface area contributed by atoms with Crippen LogP contribution in [0.2, 0.25) is 0 Å². The molecule has 0 aliphatic carbocycles. The zero-order chi connectivity index (χ0) is 23.2. The number of ether oxygens (including phenoxy) is 1. The van der Waals surface area contributed by atoms with E-state index in [2.05, 4.69) is 20.2 Å². The molecule has 0 unspecified atom stereocenters. The lowest BCUT2D eigenvalue weighted by molar-refractivity contribution is 0.103. The van der Waals surface area contributed by atoms with Gasteiger partial charge in [-0.1, -0.05) is 13.3 Å². The molecule has 0 saturated carbocycles. The Morgan fingerprint density at radius 1 is 1.21 bits per heavy atom. The minimum absolute atomic E-state index is 0.120. The first-order valence-corrected chi connectivity index (χ1v) is 11.5. The summed E-state index contributed by atoms with van der Waals surface area (Å²) in [6.07, 6.45) is 4.11. The molecule has 1 aromatic heterocycles. The number of nitrogen functional groups attached to an aromatic ring is 1. The van der Waals surface area contributed by atoms with E-state index in [-0.39, 0.29) is 23.0 Å². The van der Waals surface area contributed by atoms with Crippen LogP contribution < -0.4 is 15.8 Å². The Balaban J connectivity index is 1.38. The van der Waals surface area contributed by atoms with E-state index in [4.69, 9.17) is 10.5 Å². The number of carbonyl (C=O) groups is 1. The first-order chi connectivity index (χ1) is 16.0. The van der Waals surface area contributed by atoms with Gasteiger partial charge in [0.1, 0.15) is 23.8 Å². The standard InChI is InChI=1S/C25H31N5O3/c1-2-5-17-16-18(6-11-21(17)31)23(32)22-24(26)29-25(28-22)27-19-7-9-20(10-8-19)33-15-14-30-12-3-4-13-30/h6-11,16,31H,2-5,12-15,26H2,1H3,(H2,27,28,29). The highest BCUT2D eigenvalue weighted by atomic mass is 16.5. The van der Waals surface area contributed by atoms with Crippen molar-refractivity contribution < 1.29 is 14.6 Å². The molecule has 1 aliphatic heterocycles. The molecule has 0 radical (unpaired) electrons. The fraction of sp³-hybridized carbons (Fsp3) is 0.360. The SMILES string of the molecule is CCCc1cc(C(=O)c2[nH]c(Nc3ccc(OCCN4CCCC4)cc3)nc2N)ccc1O. The zero-order valence-electron chi connectivity index (χ0n) is 18.9. The second kappa shape index (κ2) is 10.4. The number of hydrogen-bond donors (Lipinski definition) is 4. The maximum Gasteiger partial charge on any atom is 0.213 e. The van der Waals surface area contributed by atoms with Crippen LogP contribution >= 0.6 is 0 Å². The van der Waals surface area contributed by atoms with Gasteiger partial charge in [-0.2, -0.15) is 4.98 Å². The Bertz CT molecular complexity index is 1090. The number of imidazole rings is 1. The third-order valence-corrected chi connectivity index (χ3v) is 5.81. The average molecular weight is 450 g/mol. The molecule has 1 saturated heterocycles. The number of benzene rings is 2. The summed E-state index contributed by atoms with van der Waals surface area (Å²) in [5.74, 6) is 1.23. The van der Waals surface area contributed by atoms with Crippen molar-refractivity contribution in [2.45, 2.75) is 32.6 Å². The molecule has 33 heavy (non-hydrogen) atoms. The minimum atomic E-state index is -0.271. The van der Waals surface area contributed by atoms with E-state index >= 15 is 0 Å². The summed E-state index contributed by atoms with van der Waals surface area (Å²) in [6.45, 7) is 5.96. The highest BCUT2D eigenvalue weighted by Crippen LogP contribution is 2.25. The number of carbonyl (C=O) groups excluding carboxylic acids is 1. The molecular weight excluding hydrogens is 418 g/mol. The highest BCUT2D eigenvalue weighted by Gasteiger charge is 2.18. The maximum absolute atomic E-state index is 13.0. The van der Waals surface area contributed by atoms with Gasteiger partial charge in [0.05, 0.1) is 0 Å². The lowest BCUT2D eigenvalue weighted by Crippen LogP contribution is -2.25. The number of likely N-dealkylation sites (tertiary alicyclic amines) is 1. The van der Waals surface area contributed by atoms with Crippen molar-refractivity contribution in [1.82, 2.24) is 14.9 Å². The third kappa shape index (κ3) is 5.64. The monoisotopic (exact) mass is 449 g/mol. The molecule has 2 aromatic carbocycles. The molecule has 0 bridgehead atoms. The molecule has 8 heteroatoms. The topological polar surface area (TPSA) is 116 Å². The molecular formula is C25H31N5O3. The number of nitrogens with zero attached hydrogens (tertiary/aromatic N) is 2. The zero-order valence-corrected chi connectivity index (χ0v) is 18.9. The fourth-order valence-corrected chi connectivity index (χ4v) is 4.03. The quantitative estimate of drug-likeness (QED) is 0.344. The summed E-state index contributed by atoms with van der Waals surface area (Å²) in [5, 5.41) is 13.1. The van der Waals surface area contributed by atoms with Gasteiger partial charge in [-0.3, -0.25) is 9.69 Å². The molecule has 174 valence electrons. The van der Waals surface area contributed by atoms with Gasteiger partial charge < -0.3 is 25.9 Å². The van der Waals surface area contributed by atoms with Crippen molar-refractivity contribution in [3.8, 4) is 11.5 Å². The van der Waals surface area contributed by atoms with Crippen molar-refractivity contribution in [3.63, 3.8) is 0 Å².